The quantitative estimate of drug-likeness (QED) is 0.364. The van der Waals surface area contributed by atoms with Crippen molar-refractivity contribution in [2.45, 2.75) is 16.3 Å². The second kappa shape index (κ2) is 9.28. The number of methoxy groups -OCH3 is 1. The number of esters is 1. The number of ether oxygens (including phenoxy) is 1. The lowest BCUT2D eigenvalue weighted by Crippen LogP contribution is -2.27. The van der Waals surface area contributed by atoms with Crippen molar-refractivity contribution in [1.29, 1.82) is 0 Å². The number of carbonyl (C=O) groups excluding carboxylic acids is 3. The molecule has 6 nitrogen and oxygen atoms in total. The van der Waals surface area contributed by atoms with Gasteiger partial charge in [-0.15, -0.1) is 0 Å². The minimum Gasteiger partial charge on any atom is -0.463 e. The summed E-state index contributed by atoms with van der Waals surface area (Å²) in [5, 5.41) is -0.388. The molecule has 1 fully saturated rings. The number of hydrogen-bond acceptors (Lipinski definition) is 7. The Morgan fingerprint density at radius 1 is 1.06 bits per heavy atom. The van der Waals surface area contributed by atoms with Crippen LogP contribution in [0, 0.1) is 0 Å². The molecule has 1 aromatic heterocycles. The van der Waals surface area contributed by atoms with Gasteiger partial charge in [0.15, 0.2) is 0 Å². The highest BCUT2D eigenvalue weighted by Gasteiger charge is 2.36. The first kappa shape index (κ1) is 21.0. The largest absolute Gasteiger partial charge is 0.463 e. The van der Waals surface area contributed by atoms with Gasteiger partial charge in [0, 0.05) is 9.79 Å². The van der Waals surface area contributed by atoms with Crippen LogP contribution in [0.15, 0.2) is 85.8 Å². The van der Waals surface area contributed by atoms with E-state index in [4.69, 9.17) is 4.42 Å². The normalized spacial score (nSPS) is 15.0. The summed E-state index contributed by atoms with van der Waals surface area (Å²) in [5.74, 6) is -0.672. The second-order valence-electron chi connectivity index (χ2n) is 6.48. The molecule has 4 rings (SSSR count). The lowest BCUT2D eigenvalue weighted by atomic mass is 10.2. The molecule has 2 amide bonds. The van der Waals surface area contributed by atoms with Crippen molar-refractivity contribution in [1.82, 2.24) is 4.90 Å². The number of carbonyl (C=O) groups is 3. The third kappa shape index (κ3) is 4.76. The van der Waals surface area contributed by atoms with Crippen molar-refractivity contribution in [3.8, 4) is 0 Å². The van der Waals surface area contributed by atoms with Gasteiger partial charge in [0.05, 0.1) is 18.6 Å². The van der Waals surface area contributed by atoms with E-state index in [1.807, 2.05) is 54.6 Å². The van der Waals surface area contributed by atoms with Gasteiger partial charge in [-0.3, -0.25) is 14.5 Å². The van der Waals surface area contributed by atoms with E-state index in [-0.39, 0.29) is 17.5 Å². The van der Waals surface area contributed by atoms with Gasteiger partial charge in [-0.1, -0.05) is 48.2 Å². The average Bonchev–Trinajstić information content (AvgIpc) is 3.36. The van der Waals surface area contributed by atoms with Crippen molar-refractivity contribution in [2.24, 2.45) is 0 Å². The Morgan fingerprint density at radius 2 is 1.81 bits per heavy atom. The van der Waals surface area contributed by atoms with Gasteiger partial charge >= 0.3 is 5.97 Å². The van der Waals surface area contributed by atoms with Crippen molar-refractivity contribution < 1.29 is 23.5 Å². The van der Waals surface area contributed by atoms with E-state index in [0.29, 0.717) is 10.7 Å². The monoisotopic (exact) mass is 451 g/mol. The molecule has 3 aromatic rings. The van der Waals surface area contributed by atoms with Gasteiger partial charge in [0.2, 0.25) is 5.76 Å². The van der Waals surface area contributed by atoms with Crippen LogP contribution in [0.5, 0.6) is 0 Å². The summed E-state index contributed by atoms with van der Waals surface area (Å²) in [6.45, 7) is -0.0561. The van der Waals surface area contributed by atoms with Crippen molar-refractivity contribution in [3.63, 3.8) is 0 Å². The molecule has 0 atom stereocenters. The zero-order chi connectivity index (χ0) is 21.8. The maximum atomic E-state index is 12.9. The Kier molecular flexibility index (Phi) is 6.29. The summed E-state index contributed by atoms with van der Waals surface area (Å²) in [4.78, 5) is 40.3. The highest BCUT2D eigenvalue weighted by Crippen LogP contribution is 2.36. The lowest BCUT2D eigenvalue weighted by Gasteiger charge is -2.10. The SMILES string of the molecule is COC(=O)c1ccc(CN2C(=O)S/C(=C\c3ccccc3Sc3ccccc3)C2=O)o1. The lowest BCUT2D eigenvalue weighted by molar-refractivity contribution is -0.123. The van der Waals surface area contributed by atoms with Gasteiger partial charge in [-0.2, -0.15) is 0 Å². The number of rotatable bonds is 6. The van der Waals surface area contributed by atoms with Crippen LogP contribution in [0.4, 0.5) is 4.79 Å². The molecular formula is C23H17NO5S2. The fraction of sp³-hybridized carbons (Fsp3) is 0.0870. The zero-order valence-corrected chi connectivity index (χ0v) is 18.1. The van der Waals surface area contributed by atoms with E-state index in [9.17, 15) is 14.4 Å². The van der Waals surface area contributed by atoms with Crippen molar-refractivity contribution >= 4 is 46.7 Å². The molecule has 156 valence electrons. The van der Waals surface area contributed by atoms with Crippen LogP contribution in [0.3, 0.4) is 0 Å². The summed E-state index contributed by atoms with van der Waals surface area (Å²) >= 11 is 2.47. The first-order valence-corrected chi connectivity index (χ1v) is 10.9. The molecule has 1 saturated heterocycles. The van der Waals surface area contributed by atoms with Crippen LogP contribution in [0.2, 0.25) is 0 Å². The Balaban J connectivity index is 1.54. The van der Waals surface area contributed by atoms with E-state index in [1.165, 1.54) is 13.2 Å². The highest BCUT2D eigenvalue weighted by atomic mass is 32.2. The van der Waals surface area contributed by atoms with Crippen LogP contribution in [-0.4, -0.2) is 29.1 Å². The third-order valence-electron chi connectivity index (χ3n) is 4.41. The topological polar surface area (TPSA) is 76.8 Å². The van der Waals surface area contributed by atoms with Crippen LogP contribution in [0.1, 0.15) is 21.9 Å². The fourth-order valence-electron chi connectivity index (χ4n) is 2.91. The molecule has 1 aliphatic heterocycles. The molecular weight excluding hydrogens is 434 g/mol. The Bertz CT molecular complexity index is 1170. The smallest absolute Gasteiger partial charge is 0.373 e. The molecule has 31 heavy (non-hydrogen) atoms. The van der Waals surface area contributed by atoms with Crippen molar-refractivity contribution in [2.75, 3.05) is 7.11 Å². The number of nitrogens with zero attached hydrogens (tertiary/aromatic N) is 1. The summed E-state index contributed by atoms with van der Waals surface area (Å²) in [5.41, 5.74) is 0.854. The maximum Gasteiger partial charge on any atom is 0.373 e. The van der Waals surface area contributed by atoms with Crippen LogP contribution in [0.25, 0.3) is 6.08 Å². The average molecular weight is 452 g/mol. The molecule has 0 saturated carbocycles. The number of hydrogen-bond donors (Lipinski definition) is 0. The first-order valence-electron chi connectivity index (χ1n) is 9.29. The van der Waals surface area contributed by atoms with Crippen LogP contribution >= 0.6 is 23.5 Å². The number of furan rings is 1. The van der Waals surface area contributed by atoms with E-state index in [0.717, 1.165) is 32.0 Å². The molecule has 0 bridgehead atoms. The molecule has 0 unspecified atom stereocenters. The molecule has 1 aliphatic rings. The van der Waals surface area contributed by atoms with E-state index in [1.54, 1.807) is 23.9 Å². The van der Waals surface area contributed by atoms with E-state index in [2.05, 4.69) is 4.74 Å². The number of benzene rings is 2. The van der Waals surface area contributed by atoms with Gasteiger partial charge in [-0.25, -0.2) is 4.79 Å². The highest BCUT2D eigenvalue weighted by molar-refractivity contribution is 8.18. The van der Waals surface area contributed by atoms with Crippen LogP contribution in [-0.2, 0) is 16.1 Å². The molecule has 2 aromatic carbocycles. The summed E-state index contributed by atoms with van der Waals surface area (Å²) in [7, 11) is 1.25. The van der Waals surface area contributed by atoms with Gasteiger partial charge in [0.1, 0.15) is 5.76 Å². The standard InChI is InChI=1S/C23H17NO5S2/c1-28-22(26)18-12-11-16(29-18)14-24-21(25)20(31-23(24)27)13-15-7-5-6-10-19(15)30-17-8-3-2-4-9-17/h2-13H,14H2,1H3/b20-13-. The summed E-state index contributed by atoms with van der Waals surface area (Å²) in [6, 6.07) is 20.6. The Hall–Kier alpha value is -3.23. The molecule has 0 radical (unpaired) electrons. The number of imide groups is 1. The second-order valence-corrected chi connectivity index (χ2v) is 8.59. The Labute approximate surface area is 187 Å². The van der Waals surface area contributed by atoms with Crippen molar-refractivity contribution in [3.05, 3.63) is 88.7 Å². The van der Waals surface area contributed by atoms with Crippen LogP contribution < -0.4 is 0 Å². The molecule has 8 heteroatoms. The van der Waals surface area contributed by atoms with Gasteiger partial charge in [-0.05, 0) is 53.7 Å². The molecule has 0 N–H and O–H groups in total. The maximum absolute atomic E-state index is 12.9. The predicted molar refractivity (Wildman–Crippen MR) is 119 cm³/mol. The first-order chi connectivity index (χ1) is 15.0. The minimum absolute atomic E-state index is 0.0203. The molecule has 0 aliphatic carbocycles. The number of amides is 2. The fourth-order valence-corrected chi connectivity index (χ4v) is 4.68. The van der Waals surface area contributed by atoms with Gasteiger partial charge in [0.25, 0.3) is 11.1 Å². The number of thioether (sulfide) groups is 1. The van der Waals surface area contributed by atoms with Gasteiger partial charge < -0.3 is 9.15 Å². The predicted octanol–water partition coefficient (Wildman–Crippen LogP) is 5.45. The molecule has 2 heterocycles. The Morgan fingerprint density at radius 3 is 2.58 bits per heavy atom. The third-order valence-corrected chi connectivity index (χ3v) is 6.42. The summed E-state index contributed by atoms with van der Waals surface area (Å²) < 4.78 is 9.98. The summed E-state index contributed by atoms with van der Waals surface area (Å²) in [6.07, 6.45) is 1.73. The minimum atomic E-state index is -0.618. The molecule has 0 spiro atoms. The van der Waals surface area contributed by atoms with E-state index >= 15 is 0 Å². The van der Waals surface area contributed by atoms with E-state index < -0.39 is 11.9 Å². The zero-order valence-electron chi connectivity index (χ0n) is 16.4.